The SMILES string of the molecule is [Fe+3].[Fe].[Fe].[Fe].[OH].[S-].[S-].[SH-]. The van der Waals surface area contributed by atoms with Crippen LogP contribution in [0.1, 0.15) is 0 Å². The smallest absolute Gasteiger partial charge is 1.00 e. The first kappa shape index (κ1) is 118. The van der Waals surface area contributed by atoms with Crippen LogP contribution in [0.3, 0.4) is 0 Å². The first-order chi connectivity index (χ1) is 0. The van der Waals surface area contributed by atoms with E-state index < -0.39 is 0 Å². The van der Waals surface area contributed by atoms with Gasteiger partial charge in [-0.05, 0) is 0 Å². The molecule has 0 aromatic heterocycles. The second-order valence-electron chi connectivity index (χ2n) is 0. The number of hydrogen-bond acceptors (Lipinski definition) is 3. The van der Waals surface area contributed by atoms with Gasteiger partial charge in [-0.1, -0.05) is 0 Å². The zero-order valence-electron chi connectivity index (χ0n) is 3.13. The molecular weight excluding hydrogens is 336 g/mol. The van der Waals surface area contributed by atoms with Crippen molar-refractivity contribution in [1.82, 2.24) is 0 Å². The maximum atomic E-state index is 0. The first-order valence-corrected chi connectivity index (χ1v) is 0. The van der Waals surface area contributed by atoms with E-state index in [0.717, 1.165) is 0 Å². The van der Waals surface area contributed by atoms with Crippen LogP contribution in [-0.4, -0.2) is 5.48 Å². The van der Waals surface area contributed by atoms with Crippen LogP contribution in [0.15, 0.2) is 0 Å². The summed E-state index contributed by atoms with van der Waals surface area (Å²) in [5.74, 6) is 0. The third kappa shape index (κ3) is 62.3. The molecule has 4 radical (unpaired) electrons. The summed E-state index contributed by atoms with van der Waals surface area (Å²) in [6.07, 6.45) is 0. The van der Waals surface area contributed by atoms with Crippen molar-refractivity contribution in [1.29, 1.82) is 0 Å². The van der Waals surface area contributed by atoms with Crippen LogP contribution in [0.4, 0.5) is 0 Å². The molecule has 0 fully saturated rings. The Balaban J connectivity index is 0. The Morgan fingerprint density at radius 1 is 0.625 bits per heavy atom. The molecule has 0 saturated carbocycles. The Kier molecular flexibility index (Phi) is 1290. The molecule has 8 heteroatoms. The van der Waals surface area contributed by atoms with Gasteiger partial charge in [0, 0.05) is 51.2 Å². The quantitative estimate of drug-likeness (QED) is 0.362. The van der Waals surface area contributed by atoms with E-state index in [1.165, 1.54) is 0 Å². The maximum absolute atomic E-state index is 0. The van der Waals surface area contributed by atoms with Crippen LogP contribution in [0.25, 0.3) is 0 Å². The van der Waals surface area contributed by atoms with Crippen LogP contribution < -0.4 is 0 Å². The minimum absolute atomic E-state index is 0. The first-order valence-electron chi connectivity index (χ1n) is 0. The van der Waals surface area contributed by atoms with Crippen molar-refractivity contribution in [3.05, 3.63) is 0 Å². The van der Waals surface area contributed by atoms with Gasteiger partial charge in [-0.3, -0.25) is 5.48 Å². The van der Waals surface area contributed by atoms with E-state index >= 15 is 0 Å². The molecule has 0 bridgehead atoms. The van der Waals surface area contributed by atoms with Crippen LogP contribution in [-0.2, 0) is 109 Å². The summed E-state index contributed by atoms with van der Waals surface area (Å²) in [7, 11) is 0. The average molecular weight is 338 g/mol. The van der Waals surface area contributed by atoms with Gasteiger partial charge in [-0.25, -0.2) is 0 Å². The second-order valence-corrected chi connectivity index (χ2v) is 0. The predicted octanol–water partition coefficient (Wildman–Crippen LogP) is -0.462. The fourth-order valence-electron chi connectivity index (χ4n) is 0. The minimum atomic E-state index is 0. The fraction of sp³-hybridized carbons (Fsp3) is 0. The summed E-state index contributed by atoms with van der Waals surface area (Å²) in [5, 5.41) is 0. The molecule has 1 N–H and O–H groups in total. The second kappa shape index (κ2) is 87.4. The zero-order chi connectivity index (χ0) is 0. The Bertz CT molecular complexity index is 11.2. The molecule has 0 amide bonds. The summed E-state index contributed by atoms with van der Waals surface area (Å²) in [4.78, 5) is 0. The standard InChI is InChI=1S/4Fe.HO.H2S.2S/h;;;;1H;1H2;;/q;;;+3;;;2*-1/p-1. The van der Waals surface area contributed by atoms with E-state index in [4.69, 9.17) is 0 Å². The number of hydrogen-bond donors (Lipinski definition) is 1. The fourth-order valence-corrected chi connectivity index (χ4v) is 0. The molecule has 0 unspecified atom stereocenters. The molecule has 0 aromatic rings. The van der Waals surface area contributed by atoms with Crippen molar-refractivity contribution in [3.8, 4) is 0 Å². The third-order valence-electron chi connectivity index (χ3n) is 0. The molecule has 0 saturated heterocycles. The molecule has 8 heavy (non-hydrogen) atoms. The van der Waals surface area contributed by atoms with E-state index in [1.807, 2.05) is 0 Å². The van der Waals surface area contributed by atoms with Crippen molar-refractivity contribution < 1.29 is 73.8 Å². The van der Waals surface area contributed by atoms with E-state index in [0.29, 0.717) is 0 Å². The van der Waals surface area contributed by atoms with Crippen LogP contribution in [0, 0.1) is 0 Å². The Hall–Kier alpha value is 3.09. The van der Waals surface area contributed by atoms with Crippen molar-refractivity contribution in [2.75, 3.05) is 0 Å². The molecule has 0 aliphatic carbocycles. The van der Waals surface area contributed by atoms with Crippen LogP contribution in [0.2, 0.25) is 0 Å². The van der Waals surface area contributed by atoms with Crippen molar-refractivity contribution in [3.63, 3.8) is 0 Å². The largest absolute Gasteiger partial charge is 3.00 e. The topological polar surface area (TPSA) is 30.0 Å². The summed E-state index contributed by atoms with van der Waals surface area (Å²) < 4.78 is 0. The van der Waals surface area contributed by atoms with E-state index in [9.17, 15) is 0 Å². The molecule has 58 valence electrons. The molecule has 0 rings (SSSR count). The molecule has 0 aromatic carbocycles. The van der Waals surface area contributed by atoms with Gasteiger partial charge < -0.3 is 40.5 Å². The molecule has 1 nitrogen and oxygen atoms in total. The third-order valence-corrected chi connectivity index (χ3v) is 0. The van der Waals surface area contributed by atoms with Gasteiger partial charge in [0.15, 0.2) is 0 Å². The number of rotatable bonds is 0. The Morgan fingerprint density at radius 2 is 0.625 bits per heavy atom. The van der Waals surface area contributed by atoms with Gasteiger partial charge in [0.1, 0.15) is 0 Å². The summed E-state index contributed by atoms with van der Waals surface area (Å²) in [5.41, 5.74) is 0. The maximum Gasteiger partial charge on any atom is 3.00 e. The van der Waals surface area contributed by atoms with E-state index in [1.54, 1.807) is 0 Å². The van der Waals surface area contributed by atoms with Gasteiger partial charge >= 0.3 is 17.1 Å². The Labute approximate surface area is 113 Å². The molecular formula is H2Fe4OS3. The van der Waals surface area contributed by atoms with Gasteiger partial charge in [-0.15, -0.1) is 0 Å². The van der Waals surface area contributed by atoms with E-state index in [2.05, 4.69) is 0 Å². The Morgan fingerprint density at radius 3 is 0.625 bits per heavy atom. The normalized spacial score (nSPS) is 0. The van der Waals surface area contributed by atoms with Crippen molar-refractivity contribution in [2.24, 2.45) is 0 Å². The zero-order valence-corrected chi connectivity index (χ0v) is 10.1. The van der Waals surface area contributed by atoms with Crippen molar-refractivity contribution in [2.45, 2.75) is 0 Å². The van der Waals surface area contributed by atoms with E-state index in [-0.39, 0.29) is 114 Å². The van der Waals surface area contributed by atoms with Gasteiger partial charge in [-0.2, -0.15) is 0 Å². The molecule has 0 aliphatic heterocycles. The predicted molar refractivity (Wildman–Crippen MR) is 25.4 cm³/mol. The van der Waals surface area contributed by atoms with Crippen LogP contribution >= 0.6 is 0 Å². The van der Waals surface area contributed by atoms with Gasteiger partial charge in [0.2, 0.25) is 0 Å². The minimum Gasteiger partial charge on any atom is -1.00 e. The molecule has 0 atom stereocenters. The van der Waals surface area contributed by atoms with Crippen molar-refractivity contribution >= 4 is 40.5 Å². The molecule has 0 spiro atoms. The average Bonchev–Trinajstić information content (AvgIpc) is 0. The molecule has 0 aliphatic rings. The number of thiol groups is 1. The monoisotopic (exact) mass is 338 g/mol. The molecule has 0 heterocycles. The van der Waals surface area contributed by atoms with Gasteiger partial charge in [0.25, 0.3) is 0 Å². The summed E-state index contributed by atoms with van der Waals surface area (Å²) in [6.45, 7) is 0. The summed E-state index contributed by atoms with van der Waals surface area (Å²) >= 11 is 0. The summed E-state index contributed by atoms with van der Waals surface area (Å²) in [6, 6.07) is 0. The van der Waals surface area contributed by atoms with Gasteiger partial charge in [0.05, 0.1) is 0 Å². The van der Waals surface area contributed by atoms with Crippen LogP contribution in [0.5, 0.6) is 0 Å².